The molecule has 0 aliphatic carbocycles. The largest absolute Gasteiger partial charge is 0.503 e. The zero-order valence-electron chi connectivity index (χ0n) is 8.22. The molecule has 0 bridgehead atoms. The maximum atomic E-state index is 9.60. The van der Waals surface area contributed by atoms with E-state index in [2.05, 4.69) is 0 Å². The molecule has 0 amide bonds. The molecule has 1 aromatic carbocycles. The van der Waals surface area contributed by atoms with Crippen molar-refractivity contribution >= 4 is 17.3 Å². The van der Waals surface area contributed by atoms with E-state index in [0.717, 1.165) is 0 Å². The number of nitrogen functional groups attached to an aromatic ring is 1. The quantitative estimate of drug-likeness (QED) is 0.587. The van der Waals surface area contributed by atoms with Crippen LogP contribution in [0.3, 0.4) is 0 Å². The Labute approximate surface area is 87.2 Å². The van der Waals surface area contributed by atoms with Crippen molar-refractivity contribution in [2.24, 2.45) is 0 Å². The second kappa shape index (κ2) is 3.84. The Hall–Kier alpha value is -1.29. The summed E-state index contributed by atoms with van der Waals surface area (Å²) in [4.78, 5) is 0. The topological polar surface area (TPSA) is 64.7 Å². The number of phenols is 1. The molecule has 0 heterocycles. The molecule has 0 aromatic heterocycles. The Bertz CT molecular complexity index is 331. The van der Waals surface area contributed by atoms with Gasteiger partial charge in [0.1, 0.15) is 0 Å². The fourth-order valence-corrected chi connectivity index (χ4v) is 1.42. The van der Waals surface area contributed by atoms with Gasteiger partial charge in [-0.15, -0.1) is 0 Å². The van der Waals surface area contributed by atoms with Gasteiger partial charge in [0.05, 0.1) is 24.9 Å². The number of anilines is 1. The summed E-state index contributed by atoms with van der Waals surface area (Å²) in [5.74, 6) is 0.399. The van der Waals surface area contributed by atoms with Crippen LogP contribution in [0.4, 0.5) is 5.69 Å². The van der Waals surface area contributed by atoms with Crippen LogP contribution in [0.2, 0.25) is 5.02 Å². The Morgan fingerprint density at radius 1 is 1.21 bits per heavy atom. The maximum absolute atomic E-state index is 9.60. The van der Waals surface area contributed by atoms with Crippen LogP contribution in [0, 0.1) is 6.92 Å². The first-order valence-electron chi connectivity index (χ1n) is 3.93. The van der Waals surface area contributed by atoms with E-state index in [1.165, 1.54) is 14.2 Å². The van der Waals surface area contributed by atoms with E-state index >= 15 is 0 Å². The number of nitrogens with two attached hydrogens (primary N) is 1. The van der Waals surface area contributed by atoms with Gasteiger partial charge in [0.2, 0.25) is 5.75 Å². The van der Waals surface area contributed by atoms with Crippen molar-refractivity contribution in [2.45, 2.75) is 6.92 Å². The standard InChI is InChI=1S/C9H12ClNO3/c1-4-5(10)6(11)7(12)9(14-3)8(4)13-2/h12H,11H2,1-3H3. The summed E-state index contributed by atoms with van der Waals surface area (Å²) in [5, 5.41) is 9.88. The second-order valence-corrected chi connectivity index (χ2v) is 3.15. The molecule has 0 atom stereocenters. The van der Waals surface area contributed by atoms with Crippen LogP contribution in [-0.4, -0.2) is 19.3 Å². The van der Waals surface area contributed by atoms with Crippen LogP contribution in [0.25, 0.3) is 0 Å². The SMILES string of the molecule is COc1c(C)c(Cl)c(N)c(O)c1OC. The molecule has 0 aliphatic rings. The van der Waals surface area contributed by atoms with Crippen LogP contribution >= 0.6 is 11.6 Å². The fraction of sp³-hybridized carbons (Fsp3) is 0.333. The van der Waals surface area contributed by atoms with Gasteiger partial charge < -0.3 is 20.3 Å². The predicted molar refractivity (Wildman–Crippen MR) is 55.4 cm³/mol. The Balaban J connectivity index is 3.57. The van der Waals surface area contributed by atoms with Crippen molar-refractivity contribution in [3.05, 3.63) is 10.6 Å². The fourth-order valence-electron chi connectivity index (χ4n) is 1.24. The molecular weight excluding hydrogens is 206 g/mol. The normalized spacial score (nSPS) is 10.0. The average Bonchev–Trinajstić information content (AvgIpc) is 2.20. The first-order valence-corrected chi connectivity index (χ1v) is 4.30. The lowest BCUT2D eigenvalue weighted by Crippen LogP contribution is -1.98. The van der Waals surface area contributed by atoms with Gasteiger partial charge >= 0.3 is 0 Å². The van der Waals surface area contributed by atoms with E-state index in [4.69, 9.17) is 26.8 Å². The second-order valence-electron chi connectivity index (χ2n) is 2.77. The van der Waals surface area contributed by atoms with E-state index in [1.807, 2.05) is 0 Å². The Morgan fingerprint density at radius 2 is 1.71 bits per heavy atom. The smallest absolute Gasteiger partial charge is 0.205 e. The number of aromatic hydroxyl groups is 1. The molecule has 0 saturated carbocycles. The lowest BCUT2D eigenvalue weighted by Gasteiger charge is -2.15. The van der Waals surface area contributed by atoms with Crippen LogP contribution in [-0.2, 0) is 0 Å². The van der Waals surface area contributed by atoms with Gasteiger partial charge in [-0.2, -0.15) is 0 Å². The third-order valence-corrected chi connectivity index (χ3v) is 2.48. The summed E-state index contributed by atoms with van der Waals surface area (Å²) in [7, 11) is 2.89. The van der Waals surface area contributed by atoms with E-state index in [1.54, 1.807) is 6.92 Å². The lowest BCUT2D eigenvalue weighted by molar-refractivity contribution is 0.332. The predicted octanol–water partition coefficient (Wildman–Crippen LogP) is 1.95. The van der Waals surface area contributed by atoms with E-state index in [-0.39, 0.29) is 22.2 Å². The van der Waals surface area contributed by atoms with Crippen molar-refractivity contribution in [3.63, 3.8) is 0 Å². The van der Waals surface area contributed by atoms with Crippen LogP contribution in [0.5, 0.6) is 17.2 Å². The number of hydrogen-bond acceptors (Lipinski definition) is 4. The van der Waals surface area contributed by atoms with Crippen LogP contribution in [0.15, 0.2) is 0 Å². The minimum absolute atomic E-state index is 0.0989. The van der Waals surface area contributed by atoms with Crippen molar-refractivity contribution in [1.82, 2.24) is 0 Å². The molecule has 78 valence electrons. The van der Waals surface area contributed by atoms with Crippen molar-refractivity contribution in [2.75, 3.05) is 20.0 Å². The molecule has 5 heteroatoms. The van der Waals surface area contributed by atoms with Gasteiger partial charge in [-0.3, -0.25) is 0 Å². The zero-order valence-corrected chi connectivity index (χ0v) is 8.97. The third-order valence-electron chi connectivity index (χ3n) is 1.99. The van der Waals surface area contributed by atoms with E-state index < -0.39 is 0 Å². The third kappa shape index (κ3) is 1.42. The van der Waals surface area contributed by atoms with Crippen molar-refractivity contribution in [1.29, 1.82) is 0 Å². The van der Waals surface area contributed by atoms with Gasteiger partial charge in [-0.05, 0) is 6.92 Å². The highest BCUT2D eigenvalue weighted by Gasteiger charge is 2.20. The minimum atomic E-state index is -0.194. The molecule has 14 heavy (non-hydrogen) atoms. The van der Waals surface area contributed by atoms with Gasteiger partial charge in [0.15, 0.2) is 11.5 Å². The molecule has 1 rings (SSSR count). The molecular formula is C9H12ClNO3. The molecule has 0 unspecified atom stereocenters. The van der Waals surface area contributed by atoms with Gasteiger partial charge in [0.25, 0.3) is 0 Å². The molecule has 1 aromatic rings. The molecule has 0 fully saturated rings. The molecule has 0 spiro atoms. The Kier molecular flexibility index (Phi) is 2.96. The van der Waals surface area contributed by atoms with Crippen molar-refractivity contribution < 1.29 is 14.6 Å². The number of phenolic OH excluding ortho intramolecular Hbond substituents is 1. The number of methoxy groups -OCH3 is 2. The summed E-state index contributed by atoms with van der Waals surface area (Å²) < 4.78 is 10.0. The number of rotatable bonds is 2. The van der Waals surface area contributed by atoms with Gasteiger partial charge in [0, 0.05) is 5.56 Å². The summed E-state index contributed by atoms with van der Waals surface area (Å²) >= 11 is 5.88. The maximum Gasteiger partial charge on any atom is 0.205 e. The number of ether oxygens (including phenoxy) is 2. The van der Waals surface area contributed by atoms with E-state index in [9.17, 15) is 5.11 Å². The Morgan fingerprint density at radius 3 is 2.14 bits per heavy atom. The first-order chi connectivity index (χ1) is 6.54. The van der Waals surface area contributed by atoms with Gasteiger partial charge in [-0.1, -0.05) is 11.6 Å². The molecule has 3 N–H and O–H groups in total. The monoisotopic (exact) mass is 217 g/mol. The molecule has 0 saturated heterocycles. The summed E-state index contributed by atoms with van der Waals surface area (Å²) in [6.07, 6.45) is 0. The van der Waals surface area contributed by atoms with Crippen LogP contribution in [0.1, 0.15) is 5.56 Å². The molecule has 0 aliphatic heterocycles. The summed E-state index contributed by atoms with van der Waals surface area (Å²) in [5.41, 5.74) is 6.30. The molecule has 0 radical (unpaired) electrons. The number of halogens is 1. The average molecular weight is 218 g/mol. The lowest BCUT2D eigenvalue weighted by atomic mass is 10.1. The van der Waals surface area contributed by atoms with E-state index in [0.29, 0.717) is 11.3 Å². The number of benzene rings is 1. The summed E-state index contributed by atoms with van der Waals surface area (Å²) in [6, 6.07) is 0. The first kappa shape index (κ1) is 10.8. The van der Waals surface area contributed by atoms with Crippen molar-refractivity contribution in [3.8, 4) is 17.2 Å². The van der Waals surface area contributed by atoms with Crippen LogP contribution < -0.4 is 15.2 Å². The minimum Gasteiger partial charge on any atom is -0.503 e. The highest BCUT2D eigenvalue weighted by atomic mass is 35.5. The zero-order chi connectivity index (χ0) is 10.9. The van der Waals surface area contributed by atoms with Gasteiger partial charge in [-0.25, -0.2) is 0 Å². The highest BCUT2D eigenvalue weighted by Crippen LogP contribution is 2.47. The highest BCUT2D eigenvalue weighted by molar-refractivity contribution is 6.34. The molecule has 4 nitrogen and oxygen atoms in total. The summed E-state index contributed by atoms with van der Waals surface area (Å²) in [6.45, 7) is 1.74. The number of hydrogen-bond donors (Lipinski definition) is 2.